The van der Waals surface area contributed by atoms with Gasteiger partial charge < -0.3 is 9.47 Å². The number of aromatic nitrogens is 2. The number of esters is 2. The summed E-state index contributed by atoms with van der Waals surface area (Å²) in [5, 5.41) is 1.03. The molecule has 7 aromatic rings. The summed E-state index contributed by atoms with van der Waals surface area (Å²) in [7, 11) is 0. The molecule has 0 radical (unpaired) electrons. The average molecular weight is 730 g/mol. The molecule has 2 heterocycles. The summed E-state index contributed by atoms with van der Waals surface area (Å²) >= 11 is 6.83. The minimum absolute atomic E-state index is 0.299. The number of halogens is 2. The Balaban J connectivity index is 1.44. The number of benzene rings is 5. The van der Waals surface area contributed by atoms with Crippen molar-refractivity contribution in [2.75, 3.05) is 0 Å². The van der Waals surface area contributed by atoms with Gasteiger partial charge in [-0.1, -0.05) is 92.5 Å². The third-order valence-electron chi connectivity index (χ3n) is 7.37. The molecule has 0 saturated heterocycles. The van der Waals surface area contributed by atoms with E-state index in [0.717, 1.165) is 20.1 Å². The topological polar surface area (TPSA) is 78.4 Å². The Kier molecular flexibility index (Phi) is 8.13. The molecule has 8 heteroatoms. The number of carbonyl (C=O) groups excluding carboxylic acids is 2. The van der Waals surface area contributed by atoms with Crippen LogP contribution in [0, 0.1) is 0 Å². The van der Waals surface area contributed by atoms with E-state index in [4.69, 9.17) is 19.4 Å². The van der Waals surface area contributed by atoms with Crippen molar-refractivity contribution >= 4 is 65.6 Å². The molecule has 0 aliphatic rings. The summed E-state index contributed by atoms with van der Waals surface area (Å²) in [4.78, 5) is 37.4. The second-order valence-corrected chi connectivity index (χ2v) is 12.2. The first-order valence-electron chi connectivity index (χ1n) is 14.3. The monoisotopic (exact) mass is 728 g/mol. The minimum Gasteiger partial charge on any atom is -0.423 e. The number of fused-ring (bicyclic) bond motifs is 2. The third kappa shape index (κ3) is 6.18. The molecule has 0 amide bonds. The fraction of sp³-hybridized carbons (Fsp3) is 0. The van der Waals surface area contributed by atoms with Crippen molar-refractivity contribution in [2.24, 2.45) is 0 Å². The smallest absolute Gasteiger partial charge is 0.344 e. The first-order valence-corrected chi connectivity index (χ1v) is 15.9. The highest BCUT2D eigenvalue weighted by Gasteiger charge is 2.21. The summed E-state index contributed by atoms with van der Waals surface area (Å²) in [5.74, 6) is -0.320. The molecule has 0 spiro atoms. The van der Waals surface area contributed by atoms with E-state index in [0.29, 0.717) is 55.8 Å². The molecule has 0 unspecified atom stereocenters. The van der Waals surface area contributed by atoms with Gasteiger partial charge in [-0.3, -0.25) is 0 Å². The Labute approximate surface area is 280 Å². The largest absolute Gasteiger partial charge is 0.423 e. The van der Waals surface area contributed by atoms with Gasteiger partial charge in [-0.15, -0.1) is 0 Å². The number of pyridine rings is 2. The van der Waals surface area contributed by atoms with Gasteiger partial charge in [-0.2, -0.15) is 0 Å². The van der Waals surface area contributed by atoms with E-state index in [-0.39, 0.29) is 0 Å². The third-order valence-corrected chi connectivity index (χ3v) is 8.42. The van der Waals surface area contributed by atoms with Crippen LogP contribution < -0.4 is 9.47 Å². The molecule has 0 aliphatic carbocycles. The molecule has 0 aliphatic heterocycles. The quantitative estimate of drug-likeness (QED) is 0.0963. The van der Waals surface area contributed by atoms with Crippen LogP contribution in [0.25, 0.3) is 44.3 Å². The van der Waals surface area contributed by atoms with Crippen LogP contribution in [0.5, 0.6) is 11.5 Å². The van der Waals surface area contributed by atoms with Crippen molar-refractivity contribution < 1.29 is 19.1 Å². The fourth-order valence-corrected chi connectivity index (χ4v) is 5.66. The summed E-state index contributed by atoms with van der Waals surface area (Å²) < 4.78 is 13.4. The maximum absolute atomic E-state index is 13.8. The number of hydrogen-bond acceptors (Lipinski definition) is 6. The van der Waals surface area contributed by atoms with Crippen LogP contribution in [0.15, 0.2) is 142 Å². The van der Waals surface area contributed by atoms with E-state index in [1.54, 1.807) is 72.8 Å². The molecule has 7 rings (SSSR count). The Morgan fingerprint density at radius 1 is 0.478 bits per heavy atom. The van der Waals surface area contributed by atoms with Crippen molar-refractivity contribution in [1.82, 2.24) is 9.97 Å². The van der Waals surface area contributed by atoms with Crippen molar-refractivity contribution in [3.05, 3.63) is 154 Å². The Morgan fingerprint density at radius 3 is 1.26 bits per heavy atom. The summed E-state index contributed by atoms with van der Waals surface area (Å²) in [6.07, 6.45) is 0. The number of ether oxygens (including phenoxy) is 2. The average Bonchev–Trinajstić information content (AvgIpc) is 3.09. The highest BCUT2D eigenvalue weighted by atomic mass is 79.9. The van der Waals surface area contributed by atoms with Crippen LogP contribution in [-0.2, 0) is 0 Å². The number of nitrogens with zero attached hydrogens (tertiary/aromatic N) is 2. The van der Waals surface area contributed by atoms with Gasteiger partial charge in [-0.25, -0.2) is 19.6 Å². The first-order chi connectivity index (χ1) is 22.4. The zero-order chi connectivity index (χ0) is 31.6. The van der Waals surface area contributed by atoms with Gasteiger partial charge in [0.2, 0.25) is 0 Å². The van der Waals surface area contributed by atoms with E-state index in [1.165, 1.54) is 0 Å². The van der Waals surface area contributed by atoms with Gasteiger partial charge in [0, 0.05) is 30.8 Å². The van der Waals surface area contributed by atoms with Crippen LogP contribution >= 0.6 is 31.9 Å². The second kappa shape index (κ2) is 12.7. The highest BCUT2D eigenvalue weighted by molar-refractivity contribution is 9.10. The number of carbonyl (C=O) groups is 2. The van der Waals surface area contributed by atoms with Gasteiger partial charge in [0.1, 0.15) is 11.5 Å². The zero-order valence-corrected chi connectivity index (χ0v) is 27.2. The van der Waals surface area contributed by atoms with Crippen LogP contribution in [0.3, 0.4) is 0 Å². The minimum atomic E-state index is -0.556. The lowest BCUT2D eigenvalue weighted by molar-refractivity contribution is 0.0727. The Morgan fingerprint density at radius 2 is 0.870 bits per heavy atom. The van der Waals surface area contributed by atoms with Crippen LogP contribution in [0.2, 0.25) is 0 Å². The lowest BCUT2D eigenvalue weighted by Gasteiger charge is -2.14. The SMILES string of the molecule is O=C(Oc1ccc(Br)cc1)c1cc(-c2ccccc2)nc2cc3nc(-c4ccccc4)cc(C(=O)Oc4ccc(Br)cc4)c3cc12. The molecule has 2 aromatic heterocycles. The molecular formula is C38H22Br2N2O4. The number of rotatable bonds is 6. The van der Waals surface area contributed by atoms with E-state index in [2.05, 4.69) is 31.9 Å². The van der Waals surface area contributed by atoms with Crippen molar-refractivity contribution in [1.29, 1.82) is 0 Å². The van der Waals surface area contributed by atoms with E-state index in [9.17, 15) is 9.59 Å². The Hall–Kier alpha value is -5.18. The molecule has 0 saturated carbocycles. The van der Waals surface area contributed by atoms with Crippen LogP contribution in [0.1, 0.15) is 20.7 Å². The zero-order valence-electron chi connectivity index (χ0n) is 24.0. The molecule has 222 valence electrons. The molecule has 5 aromatic carbocycles. The van der Waals surface area contributed by atoms with Gasteiger partial charge in [0.15, 0.2) is 0 Å². The predicted octanol–water partition coefficient (Wildman–Crippen LogP) is 10.1. The van der Waals surface area contributed by atoms with Crippen molar-refractivity contribution in [3.63, 3.8) is 0 Å². The first kappa shape index (κ1) is 29.5. The normalized spacial score (nSPS) is 11.0. The summed E-state index contributed by atoms with van der Waals surface area (Å²) in [6, 6.07) is 40.3. The molecule has 46 heavy (non-hydrogen) atoms. The van der Waals surface area contributed by atoms with Gasteiger partial charge >= 0.3 is 11.9 Å². The fourth-order valence-electron chi connectivity index (χ4n) is 5.13. The van der Waals surface area contributed by atoms with Crippen LogP contribution in [0.4, 0.5) is 0 Å². The van der Waals surface area contributed by atoms with Gasteiger partial charge in [0.05, 0.1) is 33.5 Å². The summed E-state index contributed by atoms with van der Waals surface area (Å²) in [6.45, 7) is 0. The van der Waals surface area contributed by atoms with Crippen molar-refractivity contribution in [3.8, 4) is 34.0 Å². The second-order valence-electron chi connectivity index (χ2n) is 10.4. The van der Waals surface area contributed by atoms with Crippen molar-refractivity contribution in [2.45, 2.75) is 0 Å². The van der Waals surface area contributed by atoms with Crippen LogP contribution in [-0.4, -0.2) is 21.9 Å². The number of hydrogen-bond donors (Lipinski definition) is 0. The standard InChI is InChI=1S/C38H22Br2N2O4/c39-25-11-15-27(16-12-25)45-37(43)31-20-33(23-7-3-1-4-8-23)41-35-22-36-30(19-29(31)35)32(21-34(42-36)24-9-5-2-6-10-24)38(44)46-28-17-13-26(40)14-18-28/h1-22H. The lowest BCUT2D eigenvalue weighted by Crippen LogP contribution is -2.12. The molecular weight excluding hydrogens is 708 g/mol. The lowest BCUT2D eigenvalue weighted by atomic mass is 9.99. The molecule has 0 N–H and O–H groups in total. The molecule has 0 fully saturated rings. The Bertz CT molecular complexity index is 2080. The van der Waals surface area contributed by atoms with E-state index < -0.39 is 11.9 Å². The molecule has 0 bridgehead atoms. The van der Waals surface area contributed by atoms with Gasteiger partial charge in [0.25, 0.3) is 0 Å². The molecule has 6 nitrogen and oxygen atoms in total. The maximum atomic E-state index is 13.8. The van der Waals surface area contributed by atoms with Gasteiger partial charge in [-0.05, 0) is 72.8 Å². The van der Waals surface area contributed by atoms with E-state index >= 15 is 0 Å². The molecule has 0 atom stereocenters. The maximum Gasteiger partial charge on any atom is 0.344 e. The summed E-state index contributed by atoms with van der Waals surface area (Å²) in [5.41, 5.74) is 4.54. The highest BCUT2D eigenvalue weighted by Crippen LogP contribution is 2.33. The van der Waals surface area contributed by atoms with E-state index in [1.807, 2.05) is 60.7 Å². The predicted molar refractivity (Wildman–Crippen MR) is 186 cm³/mol.